The summed E-state index contributed by atoms with van der Waals surface area (Å²) in [6, 6.07) is 7.41. The van der Waals surface area contributed by atoms with E-state index in [-0.39, 0.29) is 12.1 Å². The molecule has 2 N–H and O–H groups in total. The second-order valence-electron chi connectivity index (χ2n) is 13.4. The van der Waals surface area contributed by atoms with E-state index in [2.05, 4.69) is 11.8 Å². The monoisotopic (exact) mass is 567 g/mol. The molecule has 5 fully saturated rings. The van der Waals surface area contributed by atoms with Crippen LogP contribution in [-0.2, 0) is 9.59 Å². The number of nitrogens with zero attached hydrogens (tertiary/aromatic N) is 3. The molecule has 41 heavy (non-hydrogen) atoms. The molecule has 1 aromatic rings. The van der Waals surface area contributed by atoms with Gasteiger partial charge < -0.3 is 19.8 Å². The maximum atomic E-state index is 14.2. The number of ether oxygens (including phenoxy) is 1. The summed E-state index contributed by atoms with van der Waals surface area (Å²) in [7, 11) is 0. The lowest BCUT2D eigenvalue weighted by Crippen LogP contribution is -2.63. The van der Waals surface area contributed by atoms with E-state index in [0.29, 0.717) is 48.9 Å². The molecular formula is C32H45N3O6. The first-order chi connectivity index (χ1) is 19.8. The fourth-order valence-corrected chi connectivity index (χ4v) is 9.06. The van der Waals surface area contributed by atoms with Gasteiger partial charge in [-0.1, -0.05) is 32.3 Å². The highest BCUT2D eigenvalue weighted by molar-refractivity contribution is 5.95. The standard InChI is InChI=1S/C32H45N3O6/c1-20-10-11-21-13-22(20)15-26(14-21)34-23-5-2-6-24(34)17-27(16-23)35(32(40)33-12-4-9-29(33)31(38)39)25-7-3-8-28(18-25)41-19-30(36)37/h3,7-8,18,20-24,26-27,29H,2,4-6,9-17,19H2,1H3,(H,36,37)(H,38,39). The molecule has 224 valence electrons. The molecule has 6 rings (SSSR count). The maximum Gasteiger partial charge on any atom is 0.341 e. The number of aliphatic carboxylic acids is 2. The summed E-state index contributed by atoms with van der Waals surface area (Å²) in [6.07, 6.45) is 13.1. The summed E-state index contributed by atoms with van der Waals surface area (Å²) in [5.41, 5.74) is 0.645. The SMILES string of the molecule is CC1CCC2CC1CC(N1C3CCCC1CC(N(C(=O)N1CCCC1C(=O)O)c1cccc(OCC(=O)O)c1)C3)C2. The summed E-state index contributed by atoms with van der Waals surface area (Å²) in [4.78, 5) is 43.6. The second-order valence-corrected chi connectivity index (χ2v) is 13.4. The van der Waals surface area contributed by atoms with Crippen LogP contribution in [0.4, 0.5) is 10.5 Å². The highest BCUT2D eigenvalue weighted by atomic mass is 16.5. The van der Waals surface area contributed by atoms with E-state index in [1.54, 1.807) is 18.2 Å². The van der Waals surface area contributed by atoms with Crippen LogP contribution in [0.5, 0.6) is 5.75 Å². The summed E-state index contributed by atoms with van der Waals surface area (Å²) < 4.78 is 5.47. The summed E-state index contributed by atoms with van der Waals surface area (Å²) in [5, 5.41) is 19.0. The number of amides is 2. The minimum absolute atomic E-state index is 0.0548. The highest BCUT2D eigenvalue weighted by Crippen LogP contribution is 2.48. The Morgan fingerprint density at radius 3 is 2.44 bits per heavy atom. The molecule has 7 unspecified atom stereocenters. The first kappa shape index (κ1) is 28.3. The zero-order valence-electron chi connectivity index (χ0n) is 24.2. The summed E-state index contributed by atoms with van der Waals surface area (Å²) in [5.74, 6) is 0.866. The van der Waals surface area contributed by atoms with Crippen LogP contribution in [0.25, 0.3) is 0 Å². The normalized spacial score (nSPS) is 35.1. The molecule has 0 aromatic heterocycles. The molecule has 2 aliphatic carbocycles. The molecular weight excluding hydrogens is 522 g/mol. The lowest BCUT2D eigenvalue weighted by atomic mass is 9.64. The van der Waals surface area contributed by atoms with Crippen LogP contribution in [0.2, 0.25) is 0 Å². The number of carboxylic acids is 2. The van der Waals surface area contributed by atoms with Crippen LogP contribution in [0.3, 0.4) is 0 Å². The van der Waals surface area contributed by atoms with Crippen LogP contribution < -0.4 is 9.64 Å². The van der Waals surface area contributed by atoms with Crippen molar-refractivity contribution in [3.63, 3.8) is 0 Å². The van der Waals surface area contributed by atoms with E-state index in [1.807, 2.05) is 11.0 Å². The fourth-order valence-electron chi connectivity index (χ4n) is 9.06. The minimum Gasteiger partial charge on any atom is -0.482 e. The van der Waals surface area contributed by atoms with E-state index in [0.717, 1.165) is 43.4 Å². The van der Waals surface area contributed by atoms with Gasteiger partial charge >= 0.3 is 18.0 Å². The van der Waals surface area contributed by atoms with Crippen molar-refractivity contribution in [2.45, 2.75) is 114 Å². The number of carboxylic acid groups (broad SMARTS) is 2. The van der Waals surface area contributed by atoms with Crippen molar-refractivity contribution < 1.29 is 29.3 Å². The van der Waals surface area contributed by atoms with Gasteiger partial charge in [-0.15, -0.1) is 0 Å². The van der Waals surface area contributed by atoms with E-state index in [9.17, 15) is 19.5 Å². The lowest BCUT2D eigenvalue weighted by Gasteiger charge is -2.57. The van der Waals surface area contributed by atoms with Crippen molar-refractivity contribution >= 4 is 23.7 Å². The molecule has 5 aliphatic rings. The Kier molecular flexibility index (Phi) is 8.16. The topological polar surface area (TPSA) is 111 Å². The van der Waals surface area contributed by atoms with E-state index in [4.69, 9.17) is 9.84 Å². The predicted octanol–water partition coefficient (Wildman–Crippen LogP) is 5.23. The number of hydrogen-bond acceptors (Lipinski definition) is 5. The molecule has 0 spiro atoms. The summed E-state index contributed by atoms with van der Waals surface area (Å²) in [6.45, 7) is 2.41. The van der Waals surface area contributed by atoms with Crippen LogP contribution in [0.15, 0.2) is 24.3 Å². The Morgan fingerprint density at radius 2 is 1.71 bits per heavy atom. The third-order valence-corrected chi connectivity index (χ3v) is 10.9. The second kappa shape index (κ2) is 11.8. The number of carbonyl (C=O) groups is 3. The largest absolute Gasteiger partial charge is 0.482 e. The third-order valence-electron chi connectivity index (χ3n) is 10.9. The van der Waals surface area contributed by atoms with Gasteiger partial charge in [0.15, 0.2) is 6.61 Å². The smallest absolute Gasteiger partial charge is 0.341 e. The zero-order chi connectivity index (χ0) is 28.7. The van der Waals surface area contributed by atoms with Crippen molar-refractivity contribution in [3.05, 3.63) is 24.3 Å². The Balaban J connectivity index is 1.28. The van der Waals surface area contributed by atoms with Crippen molar-refractivity contribution in [2.75, 3.05) is 18.1 Å². The van der Waals surface area contributed by atoms with Gasteiger partial charge in [0, 0.05) is 42.5 Å². The van der Waals surface area contributed by atoms with E-state index in [1.165, 1.54) is 43.4 Å². The Hall–Kier alpha value is -2.81. The molecule has 3 heterocycles. The number of benzene rings is 1. The maximum absolute atomic E-state index is 14.2. The van der Waals surface area contributed by atoms with Crippen LogP contribution in [-0.4, -0.2) is 81.3 Å². The quantitative estimate of drug-likeness (QED) is 0.464. The molecule has 3 aliphatic heterocycles. The summed E-state index contributed by atoms with van der Waals surface area (Å²) >= 11 is 0. The lowest BCUT2D eigenvalue weighted by molar-refractivity contribution is -0.141. The minimum atomic E-state index is -1.06. The van der Waals surface area contributed by atoms with Gasteiger partial charge in [-0.3, -0.25) is 9.80 Å². The average molecular weight is 568 g/mol. The van der Waals surface area contributed by atoms with Gasteiger partial charge in [0.05, 0.1) is 0 Å². The average Bonchev–Trinajstić information content (AvgIpc) is 3.45. The molecule has 7 atom stereocenters. The van der Waals surface area contributed by atoms with Gasteiger partial charge in [0.25, 0.3) is 0 Å². The predicted molar refractivity (Wildman–Crippen MR) is 154 cm³/mol. The van der Waals surface area contributed by atoms with Crippen molar-refractivity contribution in [1.29, 1.82) is 0 Å². The Labute approximate surface area is 242 Å². The molecule has 9 heteroatoms. The Morgan fingerprint density at radius 1 is 0.927 bits per heavy atom. The number of hydrogen-bond donors (Lipinski definition) is 2. The number of rotatable bonds is 7. The molecule has 4 bridgehead atoms. The van der Waals surface area contributed by atoms with Crippen molar-refractivity contribution in [1.82, 2.24) is 9.80 Å². The molecule has 9 nitrogen and oxygen atoms in total. The van der Waals surface area contributed by atoms with Crippen molar-refractivity contribution in [3.8, 4) is 5.75 Å². The number of piperidine rings is 2. The number of urea groups is 1. The molecule has 2 saturated carbocycles. The number of likely N-dealkylation sites (tertiary alicyclic amines) is 1. The first-order valence-electron chi connectivity index (χ1n) is 15.8. The highest BCUT2D eigenvalue weighted by Gasteiger charge is 2.48. The number of anilines is 1. The van der Waals surface area contributed by atoms with Gasteiger partial charge in [-0.05, 0) is 87.7 Å². The van der Waals surface area contributed by atoms with Gasteiger partial charge in [0.2, 0.25) is 0 Å². The molecule has 1 aromatic carbocycles. The fraction of sp³-hybridized carbons (Fsp3) is 0.719. The molecule has 3 saturated heterocycles. The van der Waals surface area contributed by atoms with Crippen LogP contribution in [0.1, 0.15) is 84.0 Å². The van der Waals surface area contributed by atoms with Gasteiger partial charge in [0.1, 0.15) is 11.8 Å². The molecule has 0 radical (unpaired) electrons. The van der Waals surface area contributed by atoms with E-state index >= 15 is 0 Å². The van der Waals surface area contributed by atoms with Gasteiger partial charge in [-0.25, -0.2) is 14.4 Å². The van der Waals surface area contributed by atoms with Crippen LogP contribution >= 0.6 is 0 Å². The number of fused-ring (bicyclic) bond motifs is 4. The molecule has 2 amide bonds. The van der Waals surface area contributed by atoms with Crippen LogP contribution in [0, 0.1) is 17.8 Å². The van der Waals surface area contributed by atoms with Crippen molar-refractivity contribution in [2.24, 2.45) is 17.8 Å². The third kappa shape index (κ3) is 5.79. The Bertz CT molecular complexity index is 1130. The first-order valence-corrected chi connectivity index (χ1v) is 15.8. The zero-order valence-corrected chi connectivity index (χ0v) is 24.2. The van der Waals surface area contributed by atoms with Gasteiger partial charge in [-0.2, -0.15) is 0 Å². The van der Waals surface area contributed by atoms with E-state index < -0.39 is 24.6 Å². The number of carbonyl (C=O) groups excluding carboxylic acids is 1.